The van der Waals surface area contributed by atoms with E-state index in [0.29, 0.717) is 30.7 Å². The molecule has 0 saturated carbocycles. The predicted octanol–water partition coefficient (Wildman–Crippen LogP) is 2.80. The maximum Gasteiger partial charge on any atom is 0.189 e. The minimum atomic E-state index is 0. The quantitative estimate of drug-likeness (QED) is 0.399. The molecule has 1 unspecified atom stereocenters. The summed E-state index contributed by atoms with van der Waals surface area (Å²) >= 11 is 5.95. The van der Waals surface area contributed by atoms with Gasteiger partial charge < -0.3 is 20.5 Å². The van der Waals surface area contributed by atoms with E-state index in [1.165, 1.54) is 0 Å². The van der Waals surface area contributed by atoms with Gasteiger partial charge in [-0.1, -0.05) is 17.7 Å². The Labute approximate surface area is 148 Å². The van der Waals surface area contributed by atoms with Gasteiger partial charge in [-0.2, -0.15) is 0 Å². The topological polar surface area (TPSA) is 68.9 Å². The van der Waals surface area contributed by atoms with Gasteiger partial charge in [0, 0.05) is 23.7 Å². The first-order chi connectivity index (χ1) is 9.56. The number of aliphatic imine (C=N–C) groups is 1. The molecule has 0 heterocycles. The van der Waals surface area contributed by atoms with Crippen molar-refractivity contribution < 1.29 is 9.47 Å². The summed E-state index contributed by atoms with van der Waals surface area (Å²) in [7, 11) is 1.65. The van der Waals surface area contributed by atoms with E-state index in [-0.39, 0.29) is 30.0 Å². The number of benzene rings is 1. The summed E-state index contributed by atoms with van der Waals surface area (Å²) in [5.41, 5.74) is 6.77. The van der Waals surface area contributed by atoms with Gasteiger partial charge in [0.2, 0.25) is 0 Å². The Morgan fingerprint density at radius 1 is 1.48 bits per heavy atom. The minimum absolute atomic E-state index is 0. The fourth-order valence-corrected chi connectivity index (χ4v) is 1.87. The van der Waals surface area contributed by atoms with Gasteiger partial charge in [0.05, 0.1) is 19.8 Å². The van der Waals surface area contributed by atoms with Crippen LogP contribution in [0, 0.1) is 0 Å². The standard InChI is InChI=1S/C14H22ClN3O2.HI/c1-4-20-13-7-12(15)6-5-11(13)8-17-14(16)18-10(2)9-19-3;/h5-7,10H,4,8-9H2,1-3H3,(H3,16,17,18);1H. The Morgan fingerprint density at radius 2 is 2.19 bits per heavy atom. The Balaban J connectivity index is 0.00000400. The monoisotopic (exact) mass is 427 g/mol. The molecule has 7 heteroatoms. The summed E-state index contributed by atoms with van der Waals surface area (Å²) in [6.45, 7) is 5.48. The summed E-state index contributed by atoms with van der Waals surface area (Å²) < 4.78 is 10.6. The number of guanidine groups is 1. The summed E-state index contributed by atoms with van der Waals surface area (Å²) in [6, 6.07) is 5.60. The molecule has 1 aromatic rings. The van der Waals surface area contributed by atoms with Gasteiger partial charge in [-0.05, 0) is 26.0 Å². The SMILES string of the molecule is CCOc1cc(Cl)ccc1CN=C(N)NC(C)COC.I. The van der Waals surface area contributed by atoms with Gasteiger partial charge >= 0.3 is 0 Å². The highest BCUT2D eigenvalue weighted by atomic mass is 127. The largest absolute Gasteiger partial charge is 0.493 e. The minimum Gasteiger partial charge on any atom is -0.493 e. The number of nitrogens with zero attached hydrogens (tertiary/aromatic N) is 1. The smallest absolute Gasteiger partial charge is 0.189 e. The third kappa shape index (κ3) is 7.73. The number of hydrogen-bond acceptors (Lipinski definition) is 3. The molecular weight excluding hydrogens is 405 g/mol. The van der Waals surface area contributed by atoms with Crippen molar-refractivity contribution in [2.75, 3.05) is 20.3 Å². The Bertz CT molecular complexity index is 458. The number of methoxy groups -OCH3 is 1. The molecule has 0 amide bonds. The van der Waals surface area contributed by atoms with Crippen molar-refractivity contribution in [3.05, 3.63) is 28.8 Å². The highest BCUT2D eigenvalue weighted by molar-refractivity contribution is 14.0. The summed E-state index contributed by atoms with van der Waals surface area (Å²) in [5, 5.41) is 3.69. The fourth-order valence-electron chi connectivity index (χ4n) is 1.71. The van der Waals surface area contributed by atoms with Crippen molar-refractivity contribution >= 4 is 41.5 Å². The van der Waals surface area contributed by atoms with E-state index in [2.05, 4.69) is 10.3 Å². The molecule has 0 spiro atoms. The normalized spacial score (nSPS) is 12.5. The number of nitrogens with two attached hydrogens (primary N) is 1. The van der Waals surface area contributed by atoms with Gasteiger partial charge in [-0.15, -0.1) is 24.0 Å². The molecule has 5 nitrogen and oxygen atoms in total. The van der Waals surface area contributed by atoms with E-state index in [9.17, 15) is 0 Å². The van der Waals surface area contributed by atoms with Crippen LogP contribution < -0.4 is 15.8 Å². The molecule has 120 valence electrons. The van der Waals surface area contributed by atoms with Crippen LogP contribution in [0.3, 0.4) is 0 Å². The maximum absolute atomic E-state index is 5.95. The molecule has 1 rings (SSSR count). The van der Waals surface area contributed by atoms with E-state index in [4.69, 9.17) is 26.8 Å². The molecular formula is C14H23ClIN3O2. The van der Waals surface area contributed by atoms with Crippen molar-refractivity contribution in [2.24, 2.45) is 10.7 Å². The van der Waals surface area contributed by atoms with Crippen LogP contribution in [0.25, 0.3) is 0 Å². The van der Waals surface area contributed by atoms with Crippen LogP contribution >= 0.6 is 35.6 Å². The highest BCUT2D eigenvalue weighted by Crippen LogP contribution is 2.24. The van der Waals surface area contributed by atoms with Crippen LogP contribution in [-0.4, -0.2) is 32.3 Å². The van der Waals surface area contributed by atoms with Gasteiger partial charge in [-0.3, -0.25) is 0 Å². The van der Waals surface area contributed by atoms with E-state index < -0.39 is 0 Å². The molecule has 0 saturated heterocycles. The average molecular weight is 428 g/mol. The molecule has 3 N–H and O–H groups in total. The van der Waals surface area contributed by atoms with Gasteiger partial charge in [-0.25, -0.2) is 4.99 Å². The van der Waals surface area contributed by atoms with Crippen molar-refractivity contribution in [1.82, 2.24) is 5.32 Å². The molecule has 0 radical (unpaired) electrons. The Hall–Kier alpha value is -0.730. The lowest BCUT2D eigenvalue weighted by Gasteiger charge is -2.13. The zero-order valence-electron chi connectivity index (χ0n) is 12.6. The van der Waals surface area contributed by atoms with Crippen molar-refractivity contribution in [3.63, 3.8) is 0 Å². The van der Waals surface area contributed by atoms with Crippen molar-refractivity contribution in [1.29, 1.82) is 0 Å². The molecule has 21 heavy (non-hydrogen) atoms. The Morgan fingerprint density at radius 3 is 2.81 bits per heavy atom. The fraction of sp³-hybridized carbons (Fsp3) is 0.500. The third-order valence-corrected chi connectivity index (χ3v) is 2.79. The molecule has 0 aliphatic carbocycles. The number of rotatable bonds is 7. The summed E-state index contributed by atoms with van der Waals surface area (Å²) in [6.07, 6.45) is 0. The maximum atomic E-state index is 5.95. The van der Waals surface area contributed by atoms with Gasteiger partial charge in [0.1, 0.15) is 5.75 Å². The molecule has 0 bridgehead atoms. The van der Waals surface area contributed by atoms with Crippen molar-refractivity contribution in [2.45, 2.75) is 26.4 Å². The number of halogens is 2. The lowest BCUT2D eigenvalue weighted by Crippen LogP contribution is -2.40. The first-order valence-electron chi connectivity index (χ1n) is 6.53. The summed E-state index contributed by atoms with van der Waals surface area (Å²) in [4.78, 5) is 4.29. The second kappa shape index (κ2) is 10.9. The first-order valence-corrected chi connectivity index (χ1v) is 6.91. The molecule has 0 aromatic heterocycles. The summed E-state index contributed by atoms with van der Waals surface area (Å²) in [5.74, 6) is 1.12. The zero-order valence-corrected chi connectivity index (χ0v) is 15.6. The van der Waals surface area contributed by atoms with E-state index in [1.807, 2.05) is 26.0 Å². The number of nitrogens with one attached hydrogen (secondary N) is 1. The second-order valence-electron chi connectivity index (χ2n) is 4.39. The van der Waals surface area contributed by atoms with Crippen LogP contribution in [0.2, 0.25) is 5.02 Å². The lowest BCUT2D eigenvalue weighted by molar-refractivity contribution is 0.179. The zero-order chi connectivity index (χ0) is 15.0. The van der Waals surface area contributed by atoms with Crippen LogP contribution in [0.1, 0.15) is 19.4 Å². The highest BCUT2D eigenvalue weighted by Gasteiger charge is 2.05. The molecule has 0 aliphatic heterocycles. The van der Waals surface area contributed by atoms with Crippen molar-refractivity contribution in [3.8, 4) is 5.75 Å². The van der Waals surface area contributed by atoms with Gasteiger partial charge in [0.15, 0.2) is 5.96 Å². The number of ether oxygens (including phenoxy) is 2. The third-order valence-electron chi connectivity index (χ3n) is 2.56. The lowest BCUT2D eigenvalue weighted by atomic mass is 10.2. The van der Waals surface area contributed by atoms with Crippen LogP contribution in [0.4, 0.5) is 0 Å². The van der Waals surface area contributed by atoms with Crippen LogP contribution in [-0.2, 0) is 11.3 Å². The second-order valence-corrected chi connectivity index (χ2v) is 4.82. The Kier molecular flexibility index (Phi) is 10.5. The van der Waals surface area contributed by atoms with E-state index >= 15 is 0 Å². The predicted molar refractivity (Wildman–Crippen MR) is 97.8 cm³/mol. The van der Waals surface area contributed by atoms with E-state index in [0.717, 1.165) is 11.3 Å². The molecule has 1 aromatic carbocycles. The van der Waals surface area contributed by atoms with Gasteiger partial charge in [0.25, 0.3) is 0 Å². The molecule has 0 fully saturated rings. The number of hydrogen-bond donors (Lipinski definition) is 2. The average Bonchev–Trinajstić information content (AvgIpc) is 2.38. The molecule has 1 atom stereocenters. The van der Waals surface area contributed by atoms with E-state index in [1.54, 1.807) is 13.2 Å². The first kappa shape index (κ1) is 20.3. The van der Waals surface area contributed by atoms with Crippen LogP contribution in [0.15, 0.2) is 23.2 Å². The molecule has 0 aliphatic rings. The van der Waals surface area contributed by atoms with Crippen LogP contribution in [0.5, 0.6) is 5.75 Å².